The summed E-state index contributed by atoms with van der Waals surface area (Å²) < 4.78 is 11.2. The highest BCUT2D eigenvalue weighted by Gasteiger charge is 2.68. The van der Waals surface area contributed by atoms with Crippen LogP contribution in [0.3, 0.4) is 0 Å². The van der Waals surface area contributed by atoms with Gasteiger partial charge in [0.2, 0.25) is 0 Å². The van der Waals surface area contributed by atoms with Crippen LogP contribution in [-0.2, 0) is 23.9 Å². The van der Waals surface area contributed by atoms with E-state index in [1.54, 1.807) is 0 Å². The van der Waals surface area contributed by atoms with Gasteiger partial charge in [-0.1, -0.05) is 20.8 Å². The molecule has 4 aliphatic carbocycles. The Labute approximate surface area is 174 Å². The minimum absolute atomic E-state index is 0.0148. The minimum Gasteiger partial charge on any atom is -0.462 e. The van der Waals surface area contributed by atoms with Crippen molar-refractivity contribution in [2.75, 3.05) is 0 Å². The molecule has 0 heterocycles. The third-order valence-corrected chi connectivity index (χ3v) is 9.73. The quantitative estimate of drug-likeness (QED) is 0.636. The van der Waals surface area contributed by atoms with Crippen LogP contribution in [0.1, 0.15) is 86.0 Å². The fourth-order valence-corrected chi connectivity index (χ4v) is 8.05. The number of Topliss-reactive ketones (excluding diaryl/α,β-unsaturated/α-hetero) is 1. The maximum Gasteiger partial charge on any atom is 0.302 e. The molecule has 5 heteroatoms. The van der Waals surface area contributed by atoms with Crippen LogP contribution in [0.5, 0.6) is 0 Å². The van der Waals surface area contributed by atoms with Crippen molar-refractivity contribution < 1.29 is 23.9 Å². The molecule has 4 rings (SSSR count). The Bertz CT molecular complexity index is 731. The highest BCUT2D eigenvalue weighted by molar-refractivity contribution is 5.87. The number of hydrogen-bond donors (Lipinski definition) is 0. The third kappa shape index (κ3) is 2.97. The lowest BCUT2D eigenvalue weighted by molar-refractivity contribution is -0.155. The topological polar surface area (TPSA) is 69.7 Å². The molecule has 0 radical (unpaired) electrons. The van der Waals surface area contributed by atoms with Gasteiger partial charge in [0.15, 0.2) is 0 Å². The minimum atomic E-state index is -0.359. The number of hydrogen-bond acceptors (Lipinski definition) is 5. The van der Waals surface area contributed by atoms with Crippen LogP contribution in [-0.4, -0.2) is 29.9 Å². The van der Waals surface area contributed by atoms with E-state index in [0.29, 0.717) is 24.2 Å². The zero-order chi connectivity index (χ0) is 21.2. The normalized spacial score (nSPS) is 48.9. The van der Waals surface area contributed by atoms with Crippen LogP contribution >= 0.6 is 0 Å². The van der Waals surface area contributed by atoms with E-state index in [1.165, 1.54) is 13.8 Å². The SMILES string of the molecule is CC(=O)OC1CCC2(C)C3CCC4(C)C(OC(C)=O)CCC4C3CC2(C)C(=O)C1. The average molecular weight is 405 g/mol. The molecule has 8 atom stereocenters. The molecule has 0 aromatic rings. The van der Waals surface area contributed by atoms with Gasteiger partial charge in [-0.05, 0) is 68.1 Å². The first-order valence-electron chi connectivity index (χ1n) is 11.4. The van der Waals surface area contributed by atoms with E-state index in [9.17, 15) is 14.4 Å². The van der Waals surface area contributed by atoms with Gasteiger partial charge in [-0.15, -0.1) is 0 Å². The van der Waals surface area contributed by atoms with E-state index in [4.69, 9.17) is 9.47 Å². The Balaban J connectivity index is 1.62. The predicted molar refractivity (Wildman–Crippen MR) is 108 cm³/mol. The van der Waals surface area contributed by atoms with Gasteiger partial charge in [0.1, 0.15) is 18.0 Å². The van der Waals surface area contributed by atoms with Crippen LogP contribution in [0.4, 0.5) is 0 Å². The van der Waals surface area contributed by atoms with Gasteiger partial charge < -0.3 is 9.47 Å². The summed E-state index contributed by atoms with van der Waals surface area (Å²) in [5, 5.41) is 0. The number of carbonyl (C=O) groups is 3. The largest absolute Gasteiger partial charge is 0.462 e. The smallest absolute Gasteiger partial charge is 0.302 e. The summed E-state index contributed by atoms with van der Waals surface area (Å²) in [7, 11) is 0. The molecule has 0 bridgehead atoms. The van der Waals surface area contributed by atoms with Gasteiger partial charge in [-0.3, -0.25) is 14.4 Å². The van der Waals surface area contributed by atoms with Gasteiger partial charge in [0.25, 0.3) is 0 Å². The first-order valence-corrected chi connectivity index (χ1v) is 11.4. The molecule has 162 valence electrons. The fraction of sp³-hybridized carbons (Fsp3) is 0.875. The molecule has 0 aliphatic heterocycles. The van der Waals surface area contributed by atoms with Crippen LogP contribution in [0.15, 0.2) is 0 Å². The molecule has 0 N–H and O–H groups in total. The zero-order valence-corrected chi connectivity index (χ0v) is 18.6. The molecule has 0 aromatic heterocycles. The Hall–Kier alpha value is -1.39. The van der Waals surface area contributed by atoms with E-state index < -0.39 is 0 Å². The first-order chi connectivity index (χ1) is 13.5. The highest BCUT2D eigenvalue weighted by atomic mass is 16.5. The van der Waals surface area contributed by atoms with Gasteiger partial charge in [0.05, 0.1) is 0 Å². The second-order valence-electron chi connectivity index (χ2n) is 10.9. The van der Waals surface area contributed by atoms with Crippen LogP contribution < -0.4 is 0 Å². The van der Waals surface area contributed by atoms with Crippen molar-refractivity contribution in [2.45, 2.75) is 98.2 Å². The second-order valence-corrected chi connectivity index (χ2v) is 10.9. The van der Waals surface area contributed by atoms with E-state index in [2.05, 4.69) is 20.8 Å². The Morgan fingerprint density at radius 2 is 1.59 bits per heavy atom. The Kier molecular flexibility index (Phi) is 4.90. The number of esters is 2. The van der Waals surface area contributed by atoms with Crippen molar-refractivity contribution in [1.29, 1.82) is 0 Å². The van der Waals surface area contributed by atoms with Gasteiger partial charge in [-0.25, -0.2) is 0 Å². The number of rotatable bonds is 2. The van der Waals surface area contributed by atoms with Crippen LogP contribution in [0.2, 0.25) is 0 Å². The van der Waals surface area contributed by atoms with Gasteiger partial charge in [-0.2, -0.15) is 0 Å². The lowest BCUT2D eigenvalue weighted by atomic mass is 9.55. The van der Waals surface area contributed by atoms with E-state index in [1.807, 2.05) is 0 Å². The Morgan fingerprint density at radius 3 is 2.24 bits per heavy atom. The number of ketones is 1. The zero-order valence-electron chi connectivity index (χ0n) is 18.6. The molecule has 0 saturated heterocycles. The number of carbonyl (C=O) groups excluding carboxylic acids is 3. The summed E-state index contributed by atoms with van der Waals surface area (Å²) in [4.78, 5) is 36.6. The molecule has 4 saturated carbocycles. The highest BCUT2D eigenvalue weighted by Crippen LogP contribution is 2.71. The molecule has 4 aliphatic rings. The van der Waals surface area contributed by atoms with Crippen molar-refractivity contribution >= 4 is 17.7 Å². The van der Waals surface area contributed by atoms with Crippen molar-refractivity contribution in [3.05, 3.63) is 0 Å². The summed E-state index contributed by atoms with van der Waals surface area (Å²) in [6, 6.07) is 0. The third-order valence-electron chi connectivity index (χ3n) is 9.73. The molecule has 0 amide bonds. The second kappa shape index (κ2) is 6.81. The van der Waals surface area contributed by atoms with Gasteiger partial charge >= 0.3 is 11.9 Å². The monoisotopic (exact) mass is 404 g/mol. The Morgan fingerprint density at radius 1 is 0.897 bits per heavy atom. The summed E-state index contributed by atoms with van der Waals surface area (Å²) in [5.74, 6) is 1.35. The summed E-state index contributed by atoms with van der Waals surface area (Å²) in [6.07, 6.45) is 6.91. The number of ether oxygens (including phenoxy) is 2. The lowest BCUT2D eigenvalue weighted by Crippen LogP contribution is -2.46. The summed E-state index contributed by atoms with van der Waals surface area (Å²) in [5.41, 5.74) is -0.376. The predicted octanol–water partition coefficient (Wildman–Crippen LogP) is 4.46. The van der Waals surface area contributed by atoms with Crippen molar-refractivity contribution in [2.24, 2.45) is 34.0 Å². The van der Waals surface area contributed by atoms with Crippen molar-refractivity contribution in [3.63, 3.8) is 0 Å². The van der Waals surface area contributed by atoms with Crippen molar-refractivity contribution in [1.82, 2.24) is 0 Å². The molecule has 29 heavy (non-hydrogen) atoms. The lowest BCUT2D eigenvalue weighted by Gasteiger charge is -2.50. The van der Waals surface area contributed by atoms with E-state index in [0.717, 1.165) is 44.9 Å². The summed E-state index contributed by atoms with van der Waals surface area (Å²) >= 11 is 0. The number of fused-ring (bicyclic) bond motifs is 5. The van der Waals surface area contributed by atoms with Gasteiger partial charge in [0, 0.05) is 31.1 Å². The fourth-order valence-electron chi connectivity index (χ4n) is 8.05. The van der Waals surface area contributed by atoms with E-state index in [-0.39, 0.29) is 46.2 Å². The maximum atomic E-state index is 13.5. The standard InChI is InChI=1S/C24H36O5/c1-14(25)28-16-8-11-23(4)19-9-10-22(3)18(6-7-21(22)29-15(2)26)17(19)13-24(23,5)20(27)12-16/h16-19,21H,6-13H2,1-5H3. The summed E-state index contributed by atoms with van der Waals surface area (Å²) in [6.45, 7) is 9.76. The van der Waals surface area contributed by atoms with Crippen molar-refractivity contribution in [3.8, 4) is 0 Å². The molecule has 0 spiro atoms. The molecule has 5 nitrogen and oxygen atoms in total. The molecule has 4 fully saturated rings. The molecule has 8 unspecified atom stereocenters. The molecule has 0 aromatic carbocycles. The first kappa shape index (κ1) is 20.9. The van der Waals surface area contributed by atoms with Crippen LogP contribution in [0, 0.1) is 34.0 Å². The average Bonchev–Trinajstić information content (AvgIpc) is 3.02. The molecular weight excluding hydrogens is 368 g/mol. The maximum absolute atomic E-state index is 13.5. The molecular formula is C24H36O5. The van der Waals surface area contributed by atoms with E-state index >= 15 is 0 Å². The van der Waals surface area contributed by atoms with Crippen LogP contribution in [0.25, 0.3) is 0 Å².